The highest BCUT2D eigenvalue weighted by atomic mass is 16.6. The van der Waals surface area contributed by atoms with E-state index in [1.54, 1.807) is 6.92 Å². The highest BCUT2D eigenvalue weighted by molar-refractivity contribution is 5.72. The molecular formula is C10H17NO4. The Morgan fingerprint density at radius 3 is 2.60 bits per heavy atom. The van der Waals surface area contributed by atoms with E-state index in [0.29, 0.717) is 0 Å². The summed E-state index contributed by atoms with van der Waals surface area (Å²) in [6.07, 6.45) is 1.62. The van der Waals surface area contributed by atoms with E-state index >= 15 is 0 Å². The number of esters is 1. The molecule has 5 nitrogen and oxygen atoms in total. The highest BCUT2D eigenvalue weighted by Gasteiger charge is 2.35. The molecule has 0 rings (SSSR count). The molecule has 0 radical (unpaired) electrons. The topological polar surface area (TPSA) is 69.4 Å². The molecule has 0 aliphatic heterocycles. The second-order valence-corrected chi connectivity index (χ2v) is 4.09. The van der Waals surface area contributed by atoms with Gasteiger partial charge in [-0.25, -0.2) is 0 Å². The standard InChI is InChI=1S/C10H17NO4/c1-5-6-15-9(12)8(2)7-10(3,4)11(13)14/h5,8H,1,6-7H2,2-4H3/t8-/m1/s1. The van der Waals surface area contributed by atoms with Gasteiger partial charge in [-0.2, -0.15) is 0 Å². The van der Waals surface area contributed by atoms with E-state index in [4.69, 9.17) is 4.74 Å². The van der Waals surface area contributed by atoms with Crippen LogP contribution < -0.4 is 0 Å². The molecule has 0 amide bonds. The summed E-state index contributed by atoms with van der Waals surface area (Å²) >= 11 is 0. The lowest BCUT2D eigenvalue weighted by Gasteiger charge is -2.18. The molecule has 0 spiro atoms. The molecule has 15 heavy (non-hydrogen) atoms. The predicted molar refractivity (Wildman–Crippen MR) is 56.0 cm³/mol. The van der Waals surface area contributed by atoms with Crippen LogP contribution in [-0.4, -0.2) is 23.0 Å². The lowest BCUT2D eigenvalue weighted by Crippen LogP contribution is -2.35. The maximum absolute atomic E-state index is 11.3. The van der Waals surface area contributed by atoms with E-state index in [9.17, 15) is 14.9 Å². The normalized spacial score (nSPS) is 13.0. The average Bonchev–Trinajstić information content (AvgIpc) is 2.13. The molecule has 0 heterocycles. The first-order valence-corrected chi connectivity index (χ1v) is 4.73. The maximum atomic E-state index is 11.3. The third-order valence-corrected chi connectivity index (χ3v) is 2.05. The smallest absolute Gasteiger partial charge is 0.309 e. The van der Waals surface area contributed by atoms with Crippen molar-refractivity contribution >= 4 is 5.97 Å². The Balaban J connectivity index is 4.23. The Morgan fingerprint density at radius 2 is 2.20 bits per heavy atom. The van der Waals surface area contributed by atoms with E-state index in [2.05, 4.69) is 6.58 Å². The van der Waals surface area contributed by atoms with E-state index in [1.165, 1.54) is 19.9 Å². The summed E-state index contributed by atoms with van der Waals surface area (Å²) in [6.45, 7) is 8.15. The first-order valence-electron chi connectivity index (χ1n) is 4.73. The molecule has 0 aromatic rings. The summed E-state index contributed by atoms with van der Waals surface area (Å²) < 4.78 is 4.80. The van der Waals surface area contributed by atoms with Gasteiger partial charge in [0.05, 0.1) is 5.92 Å². The van der Waals surface area contributed by atoms with Gasteiger partial charge in [0.25, 0.3) is 0 Å². The lowest BCUT2D eigenvalue weighted by atomic mass is 9.92. The van der Waals surface area contributed by atoms with Crippen molar-refractivity contribution in [3.63, 3.8) is 0 Å². The van der Waals surface area contributed by atoms with Gasteiger partial charge in [-0.3, -0.25) is 14.9 Å². The van der Waals surface area contributed by atoms with Gasteiger partial charge in [-0.05, 0) is 0 Å². The summed E-state index contributed by atoms with van der Waals surface area (Å²) in [5.74, 6) is -0.907. The number of carbonyl (C=O) groups is 1. The highest BCUT2D eigenvalue weighted by Crippen LogP contribution is 2.20. The minimum atomic E-state index is -1.10. The van der Waals surface area contributed by atoms with Crippen molar-refractivity contribution in [2.75, 3.05) is 6.61 Å². The van der Waals surface area contributed by atoms with Gasteiger partial charge >= 0.3 is 5.97 Å². The molecule has 86 valence electrons. The van der Waals surface area contributed by atoms with Gasteiger partial charge in [0.2, 0.25) is 5.54 Å². The SMILES string of the molecule is C=CCOC(=O)[C@H](C)CC(C)(C)[N+](=O)[O-]. The van der Waals surface area contributed by atoms with Crippen LogP contribution in [-0.2, 0) is 9.53 Å². The summed E-state index contributed by atoms with van der Waals surface area (Å²) in [7, 11) is 0. The van der Waals surface area contributed by atoms with Gasteiger partial charge in [0, 0.05) is 25.2 Å². The first-order chi connectivity index (χ1) is 6.81. The zero-order valence-electron chi connectivity index (χ0n) is 9.36. The Bertz CT molecular complexity index is 260. The number of carbonyl (C=O) groups excluding carboxylic acids is 1. The van der Waals surface area contributed by atoms with E-state index in [0.717, 1.165) is 0 Å². The molecule has 0 N–H and O–H groups in total. The fourth-order valence-electron chi connectivity index (χ4n) is 1.19. The second kappa shape index (κ2) is 5.48. The number of nitro groups is 1. The molecule has 0 aromatic heterocycles. The summed E-state index contributed by atoms with van der Waals surface area (Å²) in [5.41, 5.74) is -1.10. The number of ether oxygens (including phenoxy) is 1. The van der Waals surface area contributed by atoms with Gasteiger partial charge in [-0.15, -0.1) is 0 Å². The van der Waals surface area contributed by atoms with E-state index in [1.807, 2.05) is 0 Å². The fourth-order valence-corrected chi connectivity index (χ4v) is 1.19. The van der Waals surface area contributed by atoms with Crippen LogP contribution in [0.5, 0.6) is 0 Å². The zero-order chi connectivity index (χ0) is 12.1. The first kappa shape index (κ1) is 13.6. The second-order valence-electron chi connectivity index (χ2n) is 4.09. The number of nitrogens with zero attached hydrogens (tertiary/aromatic N) is 1. The Hall–Kier alpha value is -1.39. The van der Waals surface area contributed by atoms with Crippen LogP contribution in [0.25, 0.3) is 0 Å². The van der Waals surface area contributed by atoms with Crippen molar-refractivity contribution in [2.45, 2.75) is 32.7 Å². The van der Waals surface area contributed by atoms with Crippen molar-refractivity contribution in [1.82, 2.24) is 0 Å². The van der Waals surface area contributed by atoms with Gasteiger partial charge in [-0.1, -0.05) is 19.6 Å². The third-order valence-electron chi connectivity index (χ3n) is 2.05. The molecule has 0 saturated heterocycles. The lowest BCUT2D eigenvalue weighted by molar-refractivity contribution is -0.562. The van der Waals surface area contributed by atoms with Crippen LogP contribution in [0.3, 0.4) is 0 Å². The molecule has 0 saturated carbocycles. The minimum absolute atomic E-state index is 0.141. The molecule has 1 atom stereocenters. The van der Waals surface area contributed by atoms with Crippen molar-refractivity contribution < 1.29 is 14.5 Å². The van der Waals surface area contributed by atoms with Crippen LogP contribution >= 0.6 is 0 Å². The predicted octanol–water partition coefficient (Wildman–Crippen LogP) is 1.80. The monoisotopic (exact) mass is 215 g/mol. The molecule has 0 fully saturated rings. The molecule has 0 aliphatic carbocycles. The molecule has 0 aliphatic rings. The molecule has 0 aromatic carbocycles. The van der Waals surface area contributed by atoms with Crippen LogP contribution in [0, 0.1) is 16.0 Å². The molecule has 0 bridgehead atoms. The minimum Gasteiger partial charge on any atom is -0.461 e. The summed E-state index contributed by atoms with van der Waals surface area (Å²) in [4.78, 5) is 21.6. The van der Waals surface area contributed by atoms with Gasteiger partial charge in [0.15, 0.2) is 0 Å². The number of rotatable bonds is 6. The van der Waals surface area contributed by atoms with Crippen LogP contribution in [0.2, 0.25) is 0 Å². The van der Waals surface area contributed by atoms with Crippen LogP contribution in [0.1, 0.15) is 27.2 Å². The van der Waals surface area contributed by atoms with Crippen molar-refractivity contribution in [3.8, 4) is 0 Å². The van der Waals surface area contributed by atoms with Crippen molar-refractivity contribution in [3.05, 3.63) is 22.8 Å². The molecular weight excluding hydrogens is 198 g/mol. The van der Waals surface area contributed by atoms with Crippen LogP contribution in [0.4, 0.5) is 0 Å². The summed E-state index contributed by atoms with van der Waals surface area (Å²) in [6, 6.07) is 0. The van der Waals surface area contributed by atoms with Crippen molar-refractivity contribution in [1.29, 1.82) is 0 Å². The Labute approximate surface area is 89.3 Å². The number of hydrogen-bond acceptors (Lipinski definition) is 4. The molecule has 0 unspecified atom stereocenters. The summed E-state index contributed by atoms with van der Waals surface area (Å²) in [5, 5.41) is 10.6. The zero-order valence-corrected chi connectivity index (χ0v) is 9.36. The van der Waals surface area contributed by atoms with Gasteiger partial charge in [0.1, 0.15) is 6.61 Å². The van der Waals surface area contributed by atoms with Gasteiger partial charge < -0.3 is 4.74 Å². The number of hydrogen-bond donors (Lipinski definition) is 0. The maximum Gasteiger partial charge on any atom is 0.309 e. The Kier molecular flexibility index (Phi) is 4.97. The van der Waals surface area contributed by atoms with Crippen molar-refractivity contribution in [2.24, 2.45) is 5.92 Å². The fraction of sp³-hybridized carbons (Fsp3) is 0.700. The molecule has 5 heteroatoms. The average molecular weight is 215 g/mol. The van der Waals surface area contributed by atoms with Crippen LogP contribution in [0.15, 0.2) is 12.7 Å². The largest absolute Gasteiger partial charge is 0.461 e. The quantitative estimate of drug-likeness (QED) is 0.293. The Morgan fingerprint density at radius 1 is 1.67 bits per heavy atom. The third kappa shape index (κ3) is 4.58. The van der Waals surface area contributed by atoms with E-state index in [-0.39, 0.29) is 18.0 Å². The van der Waals surface area contributed by atoms with E-state index < -0.39 is 17.4 Å².